The first kappa shape index (κ1) is 19.6. The molecule has 3 heterocycles. The normalized spacial score (nSPS) is 21.2. The zero-order valence-corrected chi connectivity index (χ0v) is 17.5. The monoisotopic (exact) mass is 403 g/mol. The highest BCUT2D eigenvalue weighted by Crippen LogP contribution is 2.35. The highest BCUT2D eigenvalue weighted by Gasteiger charge is 2.25. The average molecular weight is 404 g/mol. The first-order valence-electron chi connectivity index (χ1n) is 10.1. The molecule has 0 aliphatic carbocycles. The van der Waals surface area contributed by atoms with E-state index in [0.717, 1.165) is 42.7 Å². The molecule has 4 rings (SSSR count). The van der Waals surface area contributed by atoms with Crippen LogP contribution in [0.4, 0.5) is 0 Å². The Morgan fingerprint density at radius 3 is 2.79 bits per heavy atom. The van der Waals surface area contributed by atoms with Crippen LogP contribution in [0.2, 0.25) is 0 Å². The third-order valence-corrected chi connectivity index (χ3v) is 7.50. The van der Waals surface area contributed by atoms with E-state index in [4.69, 9.17) is 4.74 Å². The van der Waals surface area contributed by atoms with Gasteiger partial charge in [-0.2, -0.15) is 0 Å². The average Bonchev–Trinajstić information content (AvgIpc) is 2.69. The van der Waals surface area contributed by atoms with Gasteiger partial charge in [0.1, 0.15) is 12.2 Å². The number of benzene rings is 1. The predicted molar refractivity (Wildman–Crippen MR) is 111 cm³/mol. The molecule has 0 N–H and O–H groups in total. The second kappa shape index (κ2) is 7.97. The highest BCUT2D eigenvalue weighted by molar-refractivity contribution is 7.91. The lowest BCUT2D eigenvalue weighted by molar-refractivity contribution is 0.0829. The van der Waals surface area contributed by atoms with Crippen LogP contribution < -0.4 is 4.74 Å². The number of hydrogen-bond donors (Lipinski definition) is 0. The van der Waals surface area contributed by atoms with Crippen LogP contribution in [0.1, 0.15) is 31.4 Å². The molecule has 1 atom stereocenters. The van der Waals surface area contributed by atoms with Crippen molar-refractivity contribution < 1.29 is 13.2 Å². The van der Waals surface area contributed by atoms with E-state index in [9.17, 15) is 8.42 Å². The van der Waals surface area contributed by atoms with E-state index < -0.39 is 9.84 Å². The largest absolute Gasteiger partial charge is 0.475 e. The van der Waals surface area contributed by atoms with Crippen LogP contribution >= 0.6 is 0 Å². The number of rotatable bonds is 5. The van der Waals surface area contributed by atoms with E-state index in [1.807, 2.05) is 12.3 Å². The van der Waals surface area contributed by atoms with Crippen LogP contribution in [0.15, 0.2) is 24.4 Å². The van der Waals surface area contributed by atoms with Gasteiger partial charge in [-0.3, -0.25) is 14.8 Å². The van der Waals surface area contributed by atoms with Crippen molar-refractivity contribution in [3.8, 4) is 5.75 Å². The maximum atomic E-state index is 11.7. The van der Waals surface area contributed by atoms with Gasteiger partial charge in [-0.1, -0.05) is 26.3 Å². The summed E-state index contributed by atoms with van der Waals surface area (Å²) in [7, 11) is -2.87. The molecule has 28 heavy (non-hydrogen) atoms. The Hall–Kier alpha value is -1.70. The Labute approximate surface area is 167 Å². The summed E-state index contributed by atoms with van der Waals surface area (Å²) in [5.41, 5.74) is 3.30. The lowest BCUT2D eigenvalue weighted by Gasteiger charge is -2.32. The third kappa shape index (κ3) is 4.16. The molecule has 2 aliphatic rings. The molecule has 1 unspecified atom stereocenters. The van der Waals surface area contributed by atoms with Crippen LogP contribution in [-0.2, 0) is 22.9 Å². The molecule has 1 fully saturated rings. The molecule has 2 aliphatic heterocycles. The zero-order valence-electron chi connectivity index (χ0n) is 16.7. The van der Waals surface area contributed by atoms with E-state index >= 15 is 0 Å². The Morgan fingerprint density at radius 1 is 1.25 bits per heavy atom. The molecule has 1 saturated heterocycles. The summed E-state index contributed by atoms with van der Waals surface area (Å²) in [5.74, 6) is 2.04. The minimum Gasteiger partial charge on any atom is -0.475 e. The van der Waals surface area contributed by atoms with Gasteiger partial charge in [-0.25, -0.2) is 8.42 Å². The molecule has 0 saturated carbocycles. The van der Waals surface area contributed by atoms with E-state index in [2.05, 4.69) is 40.8 Å². The van der Waals surface area contributed by atoms with Gasteiger partial charge >= 0.3 is 0 Å². The molecule has 1 aromatic carbocycles. The Kier molecular flexibility index (Phi) is 5.58. The summed E-state index contributed by atoms with van der Waals surface area (Å²) in [6.07, 6.45) is 2.97. The first-order chi connectivity index (χ1) is 13.4. The quantitative estimate of drug-likeness (QED) is 0.765. The summed E-state index contributed by atoms with van der Waals surface area (Å²) in [6, 6.07) is 6.29. The van der Waals surface area contributed by atoms with Crippen LogP contribution in [0.3, 0.4) is 0 Å². The molecule has 6 nitrogen and oxygen atoms in total. The van der Waals surface area contributed by atoms with Crippen molar-refractivity contribution in [2.75, 3.05) is 37.9 Å². The van der Waals surface area contributed by atoms with Crippen molar-refractivity contribution in [2.45, 2.75) is 33.4 Å². The smallest absolute Gasteiger partial charge is 0.152 e. The maximum Gasteiger partial charge on any atom is 0.152 e. The number of hydrogen-bond acceptors (Lipinski definition) is 6. The van der Waals surface area contributed by atoms with Crippen molar-refractivity contribution in [1.82, 2.24) is 14.8 Å². The fourth-order valence-electron chi connectivity index (χ4n) is 4.04. The van der Waals surface area contributed by atoms with Gasteiger partial charge in [-0.15, -0.1) is 0 Å². The van der Waals surface area contributed by atoms with Crippen molar-refractivity contribution >= 4 is 20.7 Å². The minimum atomic E-state index is -2.87. The Morgan fingerprint density at radius 2 is 2.04 bits per heavy atom. The Bertz CT molecular complexity index is 947. The number of aromatic nitrogens is 1. The second-order valence-electron chi connectivity index (χ2n) is 8.15. The molecule has 152 valence electrons. The summed E-state index contributed by atoms with van der Waals surface area (Å²) in [6.45, 7) is 8.92. The molecule has 0 radical (unpaired) electrons. The first-order valence-corrected chi connectivity index (χ1v) is 11.9. The number of nitrogens with zero attached hydrogens (tertiary/aromatic N) is 3. The van der Waals surface area contributed by atoms with Crippen molar-refractivity contribution in [1.29, 1.82) is 0 Å². The molecule has 7 heteroatoms. The zero-order chi connectivity index (χ0) is 19.7. The van der Waals surface area contributed by atoms with E-state index in [-0.39, 0.29) is 11.5 Å². The van der Waals surface area contributed by atoms with Gasteiger partial charge < -0.3 is 4.74 Å². The lowest BCUT2D eigenvalue weighted by atomic mass is 10.0. The standard InChI is InChI=1S/C21H29N3O3S/c1-3-16(2)12-24-14-18-11-17(13-23-7-9-28(25,26)10-8-23)19-5-4-6-22-20(19)21(18)27-15-24/h4-6,11,16H,3,7-10,12-15H2,1-2H3. The van der Waals surface area contributed by atoms with Crippen LogP contribution in [0.5, 0.6) is 5.75 Å². The van der Waals surface area contributed by atoms with E-state index in [1.54, 1.807) is 0 Å². The summed E-state index contributed by atoms with van der Waals surface area (Å²) < 4.78 is 29.6. The molecular formula is C21H29N3O3S. The molecule has 2 aromatic rings. The molecule has 0 bridgehead atoms. The van der Waals surface area contributed by atoms with Gasteiger partial charge in [0.2, 0.25) is 0 Å². The molecule has 0 spiro atoms. The summed E-state index contributed by atoms with van der Waals surface area (Å²) in [4.78, 5) is 9.20. The number of ether oxygens (including phenoxy) is 1. The number of pyridine rings is 1. The second-order valence-corrected chi connectivity index (χ2v) is 10.5. The fraction of sp³-hybridized carbons (Fsp3) is 0.571. The molecule has 1 aromatic heterocycles. The Balaban J connectivity index is 1.62. The SMILES string of the molecule is CCC(C)CN1COc2c(cc(CN3CCS(=O)(=O)CC3)c3cccnc23)C1. The van der Waals surface area contributed by atoms with Gasteiger partial charge in [0.15, 0.2) is 15.6 Å². The van der Waals surface area contributed by atoms with E-state index in [0.29, 0.717) is 25.7 Å². The maximum absolute atomic E-state index is 11.7. The number of fused-ring (bicyclic) bond motifs is 3. The van der Waals surface area contributed by atoms with Crippen molar-refractivity contribution in [3.05, 3.63) is 35.5 Å². The van der Waals surface area contributed by atoms with Gasteiger partial charge in [0.05, 0.1) is 11.5 Å². The topological polar surface area (TPSA) is 62.7 Å². The van der Waals surface area contributed by atoms with Crippen molar-refractivity contribution in [2.24, 2.45) is 5.92 Å². The predicted octanol–water partition coefficient (Wildman–Crippen LogP) is 2.66. The highest BCUT2D eigenvalue weighted by atomic mass is 32.2. The van der Waals surface area contributed by atoms with Crippen LogP contribution in [0, 0.1) is 5.92 Å². The van der Waals surface area contributed by atoms with E-state index in [1.165, 1.54) is 11.1 Å². The van der Waals surface area contributed by atoms with Gasteiger partial charge in [-0.05, 0) is 23.6 Å². The van der Waals surface area contributed by atoms with Crippen molar-refractivity contribution in [3.63, 3.8) is 0 Å². The summed E-state index contributed by atoms with van der Waals surface area (Å²) >= 11 is 0. The van der Waals surface area contributed by atoms with Gasteiger partial charge in [0, 0.05) is 49.9 Å². The lowest BCUT2D eigenvalue weighted by Crippen LogP contribution is -2.39. The van der Waals surface area contributed by atoms with Crippen LogP contribution in [-0.4, -0.2) is 61.1 Å². The van der Waals surface area contributed by atoms with Crippen LogP contribution in [0.25, 0.3) is 10.9 Å². The number of sulfone groups is 1. The summed E-state index contributed by atoms with van der Waals surface area (Å²) in [5, 5.41) is 1.10. The molecular weight excluding hydrogens is 374 g/mol. The molecule has 0 amide bonds. The third-order valence-electron chi connectivity index (χ3n) is 5.89. The fourth-order valence-corrected chi connectivity index (χ4v) is 5.32. The van der Waals surface area contributed by atoms with Gasteiger partial charge in [0.25, 0.3) is 0 Å². The minimum absolute atomic E-state index is 0.250.